The lowest BCUT2D eigenvalue weighted by Crippen LogP contribution is -2.31. The highest BCUT2D eigenvalue weighted by Crippen LogP contribution is 2.37. The van der Waals surface area contributed by atoms with E-state index in [4.69, 9.17) is 4.42 Å². The number of hydrogen-bond acceptors (Lipinski definition) is 3. The number of rotatable bonds is 1. The molecule has 6 rings (SSSR count). The first-order valence-electron chi connectivity index (χ1n) is 8.21. The van der Waals surface area contributed by atoms with E-state index in [0.717, 1.165) is 45.8 Å². The molecule has 5 aromatic rings. The Morgan fingerprint density at radius 2 is 1.80 bits per heavy atom. The van der Waals surface area contributed by atoms with E-state index >= 15 is 0 Å². The van der Waals surface area contributed by atoms with Gasteiger partial charge in [0.15, 0.2) is 0 Å². The van der Waals surface area contributed by atoms with Gasteiger partial charge in [-0.15, -0.1) is 0 Å². The molecule has 0 saturated carbocycles. The van der Waals surface area contributed by atoms with Crippen LogP contribution in [0.5, 0.6) is 0 Å². The van der Waals surface area contributed by atoms with E-state index in [-0.39, 0.29) is 0 Å². The molecule has 118 valence electrons. The van der Waals surface area contributed by atoms with Gasteiger partial charge in [-0.2, -0.15) is 9.13 Å². The fraction of sp³-hybridized carbons (Fsp3) is 0.0500. The summed E-state index contributed by atoms with van der Waals surface area (Å²) < 4.78 is 10.7. The van der Waals surface area contributed by atoms with Crippen molar-refractivity contribution in [2.24, 2.45) is 0 Å². The van der Waals surface area contributed by atoms with Crippen LogP contribution in [0.1, 0.15) is 5.56 Å². The van der Waals surface area contributed by atoms with Gasteiger partial charge < -0.3 is 4.42 Å². The SMILES string of the molecule is c1ccc(-n2c3[n+](c4oc5ccncc5c42)Cc2ccncc2-3)cc1. The molecule has 0 bridgehead atoms. The summed E-state index contributed by atoms with van der Waals surface area (Å²) in [6, 6.07) is 14.4. The Bertz CT molecular complexity index is 1270. The van der Waals surface area contributed by atoms with Gasteiger partial charge in [-0.1, -0.05) is 18.2 Å². The van der Waals surface area contributed by atoms with E-state index in [0.29, 0.717) is 0 Å². The molecule has 5 heteroatoms. The highest BCUT2D eigenvalue weighted by atomic mass is 16.3. The van der Waals surface area contributed by atoms with E-state index in [1.807, 2.05) is 30.7 Å². The molecule has 25 heavy (non-hydrogen) atoms. The lowest BCUT2D eigenvalue weighted by atomic mass is 10.1. The fourth-order valence-corrected chi connectivity index (χ4v) is 3.81. The number of para-hydroxylation sites is 1. The summed E-state index contributed by atoms with van der Waals surface area (Å²) in [7, 11) is 0. The second-order valence-corrected chi connectivity index (χ2v) is 6.24. The molecule has 0 aliphatic carbocycles. The zero-order valence-corrected chi connectivity index (χ0v) is 13.3. The van der Waals surface area contributed by atoms with Crippen LogP contribution >= 0.6 is 0 Å². The lowest BCUT2D eigenvalue weighted by molar-refractivity contribution is -0.652. The number of benzene rings is 1. The molecule has 0 radical (unpaired) electrons. The number of furan rings is 1. The van der Waals surface area contributed by atoms with Crippen LogP contribution in [0.3, 0.4) is 0 Å². The van der Waals surface area contributed by atoms with Crippen LogP contribution in [-0.2, 0) is 6.54 Å². The van der Waals surface area contributed by atoms with E-state index in [1.54, 1.807) is 6.20 Å². The van der Waals surface area contributed by atoms with Crippen molar-refractivity contribution >= 4 is 22.2 Å². The molecule has 0 unspecified atom stereocenters. The molecular formula is C20H13N4O+. The van der Waals surface area contributed by atoms with Gasteiger partial charge in [0.05, 0.1) is 10.9 Å². The first-order chi connectivity index (χ1) is 12.4. The molecule has 0 N–H and O–H groups in total. The van der Waals surface area contributed by atoms with Crippen molar-refractivity contribution in [1.29, 1.82) is 0 Å². The molecule has 1 aromatic carbocycles. The third-order valence-electron chi connectivity index (χ3n) is 4.88. The largest absolute Gasteiger partial charge is 0.419 e. The minimum Gasteiger partial charge on any atom is -0.419 e. The van der Waals surface area contributed by atoms with Gasteiger partial charge in [0.2, 0.25) is 5.52 Å². The number of pyridine rings is 2. The highest BCUT2D eigenvalue weighted by molar-refractivity contribution is 6.02. The number of nitrogens with zero attached hydrogens (tertiary/aromatic N) is 4. The van der Waals surface area contributed by atoms with Crippen LogP contribution in [0, 0.1) is 0 Å². The third kappa shape index (κ3) is 1.59. The summed E-state index contributed by atoms with van der Waals surface area (Å²) in [5, 5.41) is 1.02. The summed E-state index contributed by atoms with van der Waals surface area (Å²) in [5.74, 6) is 1.11. The van der Waals surface area contributed by atoms with Crippen LogP contribution in [0.25, 0.3) is 39.3 Å². The first kappa shape index (κ1) is 12.9. The number of fused-ring (bicyclic) bond motifs is 7. The Kier molecular flexibility index (Phi) is 2.34. The van der Waals surface area contributed by atoms with Gasteiger partial charge in [-0.3, -0.25) is 9.97 Å². The standard InChI is InChI=1S/C20H13N4O/c1-2-4-14(5-3-1)24-18-16-11-22-9-7-17(16)25-20(18)23-12-13-6-8-21-10-15(13)19(23)24/h1-11H,12H2/q+1. The third-order valence-corrected chi connectivity index (χ3v) is 4.88. The van der Waals surface area contributed by atoms with Gasteiger partial charge in [0.1, 0.15) is 17.8 Å². The van der Waals surface area contributed by atoms with E-state index < -0.39 is 0 Å². The monoisotopic (exact) mass is 325 g/mol. The minimum absolute atomic E-state index is 0.788. The highest BCUT2D eigenvalue weighted by Gasteiger charge is 2.38. The molecule has 1 aliphatic rings. The van der Waals surface area contributed by atoms with Gasteiger partial charge >= 0.3 is 5.71 Å². The summed E-state index contributed by atoms with van der Waals surface area (Å²) in [6.07, 6.45) is 7.42. The van der Waals surface area contributed by atoms with Crippen molar-refractivity contribution in [3.05, 3.63) is 72.8 Å². The Hall–Kier alpha value is -3.47. The molecule has 1 aliphatic heterocycles. The van der Waals surface area contributed by atoms with Crippen LogP contribution in [0.2, 0.25) is 0 Å². The second-order valence-electron chi connectivity index (χ2n) is 6.24. The van der Waals surface area contributed by atoms with Gasteiger partial charge in [0, 0.05) is 36.4 Å². The van der Waals surface area contributed by atoms with Crippen LogP contribution in [-0.4, -0.2) is 14.5 Å². The van der Waals surface area contributed by atoms with Crippen molar-refractivity contribution in [1.82, 2.24) is 14.5 Å². The summed E-state index contributed by atoms with van der Waals surface area (Å²) in [4.78, 5) is 8.64. The summed E-state index contributed by atoms with van der Waals surface area (Å²) in [6.45, 7) is 0.788. The zero-order chi connectivity index (χ0) is 16.4. The molecule has 4 aromatic heterocycles. The van der Waals surface area contributed by atoms with Gasteiger partial charge in [-0.25, -0.2) is 0 Å². The van der Waals surface area contributed by atoms with Crippen LogP contribution in [0.4, 0.5) is 0 Å². The van der Waals surface area contributed by atoms with Crippen molar-refractivity contribution in [3.8, 4) is 17.1 Å². The topological polar surface area (TPSA) is 47.7 Å². The van der Waals surface area contributed by atoms with Crippen molar-refractivity contribution in [2.45, 2.75) is 6.54 Å². The van der Waals surface area contributed by atoms with Crippen molar-refractivity contribution < 1.29 is 8.98 Å². The zero-order valence-electron chi connectivity index (χ0n) is 13.3. The molecule has 5 heterocycles. The minimum atomic E-state index is 0.788. The second kappa shape index (κ2) is 4.54. The Morgan fingerprint density at radius 3 is 2.72 bits per heavy atom. The maximum atomic E-state index is 6.21. The molecule has 0 atom stereocenters. The van der Waals surface area contributed by atoms with Gasteiger partial charge in [0.25, 0.3) is 5.82 Å². The Labute approximate surface area is 142 Å². The maximum absolute atomic E-state index is 6.21. The predicted octanol–water partition coefficient (Wildman–Crippen LogP) is 3.48. The molecule has 0 spiro atoms. The van der Waals surface area contributed by atoms with Crippen molar-refractivity contribution in [2.75, 3.05) is 0 Å². The smallest absolute Gasteiger partial charge is 0.340 e. The molecular weight excluding hydrogens is 312 g/mol. The first-order valence-corrected chi connectivity index (χ1v) is 8.21. The van der Waals surface area contributed by atoms with Crippen LogP contribution < -0.4 is 4.57 Å². The molecule has 5 nitrogen and oxygen atoms in total. The Balaban J connectivity index is 1.84. The predicted molar refractivity (Wildman–Crippen MR) is 93.4 cm³/mol. The number of hydrogen-bond donors (Lipinski definition) is 0. The molecule has 0 fully saturated rings. The average Bonchev–Trinajstić information content (AvgIpc) is 3.30. The maximum Gasteiger partial charge on any atom is 0.340 e. The Morgan fingerprint density at radius 1 is 0.960 bits per heavy atom. The quantitative estimate of drug-likeness (QED) is 0.435. The lowest BCUT2D eigenvalue weighted by Gasteiger charge is -2.01. The van der Waals surface area contributed by atoms with E-state index in [9.17, 15) is 0 Å². The summed E-state index contributed by atoms with van der Waals surface area (Å²) in [5.41, 5.74) is 6.29. The van der Waals surface area contributed by atoms with E-state index in [2.05, 4.69) is 49.4 Å². The molecule has 0 saturated heterocycles. The number of imidazole rings is 1. The number of aromatic nitrogens is 4. The fourth-order valence-electron chi connectivity index (χ4n) is 3.81. The molecule has 0 amide bonds. The average molecular weight is 325 g/mol. The van der Waals surface area contributed by atoms with Crippen LogP contribution in [0.15, 0.2) is 71.7 Å². The van der Waals surface area contributed by atoms with Gasteiger partial charge in [-0.05, 0) is 18.2 Å². The summed E-state index contributed by atoms with van der Waals surface area (Å²) >= 11 is 0. The van der Waals surface area contributed by atoms with Crippen molar-refractivity contribution in [3.63, 3.8) is 0 Å². The van der Waals surface area contributed by atoms with E-state index in [1.165, 1.54) is 5.56 Å². The normalized spacial score (nSPS) is 12.6.